The van der Waals surface area contributed by atoms with E-state index in [1.165, 1.54) is 19.4 Å². The SMILES string of the molecule is CCOc1nc(N)nc(NCC2CN3CCCC3CO2)n1. The Morgan fingerprint density at radius 1 is 1.43 bits per heavy atom. The minimum Gasteiger partial charge on any atom is -0.464 e. The Labute approximate surface area is 124 Å². The smallest absolute Gasteiger partial charge is 0.323 e. The molecule has 1 aromatic rings. The van der Waals surface area contributed by atoms with Gasteiger partial charge in [-0.15, -0.1) is 0 Å². The molecule has 0 saturated carbocycles. The van der Waals surface area contributed by atoms with Gasteiger partial charge in [-0.05, 0) is 26.3 Å². The van der Waals surface area contributed by atoms with Crippen molar-refractivity contribution in [3.63, 3.8) is 0 Å². The van der Waals surface area contributed by atoms with Gasteiger partial charge in [0.2, 0.25) is 11.9 Å². The fourth-order valence-corrected chi connectivity index (χ4v) is 2.86. The molecule has 2 aliphatic heterocycles. The van der Waals surface area contributed by atoms with Gasteiger partial charge in [-0.1, -0.05) is 0 Å². The van der Waals surface area contributed by atoms with E-state index in [1.807, 2.05) is 6.92 Å². The van der Waals surface area contributed by atoms with Crippen LogP contribution in [0.2, 0.25) is 0 Å². The molecule has 8 nitrogen and oxygen atoms in total. The van der Waals surface area contributed by atoms with Gasteiger partial charge in [-0.2, -0.15) is 15.0 Å². The minimum atomic E-state index is 0.146. The van der Waals surface area contributed by atoms with Crippen LogP contribution >= 0.6 is 0 Å². The third-order valence-electron chi connectivity index (χ3n) is 3.86. The third-order valence-corrected chi connectivity index (χ3v) is 3.86. The van der Waals surface area contributed by atoms with Gasteiger partial charge in [-0.25, -0.2) is 0 Å². The number of hydrogen-bond acceptors (Lipinski definition) is 8. The standard InChI is InChI=1S/C13H22N6O2/c1-2-20-13-17-11(14)16-12(18-13)15-6-10-7-19-5-3-4-9(19)8-21-10/h9-10H,2-8H2,1H3,(H3,14,15,16,17,18). The van der Waals surface area contributed by atoms with Crippen LogP contribution in [-0.2, 0) is 4.74 Å². The average molecular weight is 294 g/mol. The highest BCUT2D eigenvalue weighted by Gasteiger charge is 2.32. The molecule has 0 bridgehead atoms. The number of aromatic nitrogens is 3. The van der Waals surface area contributed by atoms with Crippen molar-refractivity contribution in [3.05, 3.63) is 0 Å². The van der Waals surface area contributed by atoms with Crippen LogP contribution in [0.15, 0.2) is 0 Å². The van der Waals surface area contributed by atoms with Crippen LogP contribution in [0, 0.1) is 0 Å². The first-order chi connectivity index (χ1) is 10.2. The molecule has 2 saturated heterocycles. The summed E-state index contributed by atoms with van der Waals surface area (Å²) in [5.41, 5.74) is 5.65. The Balaban J connectivity index is 1.55. The van der Waals surface area contributed by atoms with E-state index >= 15 is 0 Å². The first kappa shape index (κ1) is 14.3. The van der Waals surface area contributed by atoms with Gasteiger partial charge in [0.05, 0.1) is 19.3 Å². The molecule has 2 atom stereocenters. The Hall–Kier alpha value is -1.67. The molecular formula is C13H22N6O2. The summed E-state index contributed by atoms with van der Waals surface area (Å²) < 4.78 is 11.1. The highest BCUT2D eigenvalue weighted by atomic mass is 16.5. The van der Waals surface area contributed by atoms with Crippen LogP contribution in [0.4, 0.5) is 11.9 Å². The van der Waals surface area contributed by atoms with Crippen LogP contribution in [-0.4, -0.2) is 64.8 Å². The Morgan fingerprint density at radius 3 is 3.19 bits per heavy atom. The average Bonchev–Trinajstić information content (AvgIpc) is 2.92. The normalized spacial score (nSPS) is 25.6. The monoisotopic (exact) mass is 294 g/mol. The predicted molar refractivity (Wildman–Crippen MR) is 78.2 cm³/mol. The number of nitrogens with one attached hydrogen (secondary N) is 1. The summed E-state index contributed by atoms with van der Waals surface area (Å²) in [6.07, 6.45) is 2.67. The van der Waals surface area contributed by atoms with Crippen molar-refractivity contribution >= 4 is 11.9 Å². The van der Waals surface area contributed by atoms with Crippen LogP contribution < -0.4 is 15.8 Å². The van der Waals surface area contributed by atoms with E-state index in [1.54, 1.807) is 0 Å². The van der Waals surface area contributed by atoms with Crippen LogP contribution in [0.3, 0.4) is 0 Å². The second-order valence-corrected chi connectivity index (χ2v) is 5.36. The zero-order valence-electron chi connectivity index (χ0n) is 12.3. The van der Waals surface area contributed by atoms with Crippen LogP contribution in [0.5, 0.6) is 6.01 Å². The van der Waals surface area contributed by atoms with E-state index in [9.17, 15) is 0 Å². The van der Waals surface area contributed by atoms with Gasteiger partial charge in [-0.3, -0.25) is 4.90 Å². The Kier molecular flexibility index (Phi) is 4.35. The fourth-order valence-electron chi connectivity index (χ4n) is 2.86. The molecule has 3 N–H and O–H groups in total. The van der Waals surface area contributed by atoms with Crippen molar-refractivity contribution in [2.45, 2.75) is 31.9 Å². The predicted octanol–water partition coefficient (Wildman–Crippen LogP) is 0.128. The minimum absolute atomic E-state index is 0.146. The quantitative estimate of drug-likeness (QED) is 0.790. The molecule has 21 heavy (non-hydrogen) atoms. The number of nitrogen functional groups attached to an aromatic ring is 1. The summed E-state index contributed by atoms with van der Waals surface area (Å²) in [6, 6.07) is 0.857. The number of rotatable bonds is 5. The number of fused-ring (bicyclic) bond motifs is 1. The van der Waals surface area contributed by atoms with Gasteiger partial charge in [0.15, 0.2) is 0 Å². The Bertz CT molecular complexity index is 486. The van der Waals surface area contributed by atoms with Gasteiger partial charge < -0.3 is 20.5 Å². The third kappa shape index (κ3) is 3.51. The number of nitrogens with two attached hydrogens (primary N) is 1. The highest BCUT2D eigenvalue weighted by molar-refractivity contribution is 5.32. The van der Waals surface area contributed by atoms with Crippen molar-refractivity contribution in [2.24, 2.45) is 0 Å². The summed E-state index contributed by atoms with van der Waals surface area (Å²) in [5.74, 6) is 0.582. The first-order valence-corrected chi connectivity index (χ1v) is 7.48. The first-order valence-electron chi connectivity index (χ1n) is 7.48. The fraction of sp³-hybridized carbons (Fsp3) is 0.769. The summed E-state index contributed by atoms with van der Waals surface area (Å²) in [5, 5.41) is 3.16. The van der Waals surface area contributed by atoms with Gasteiger partial charge in [0, 0.05) is 19.1 Å². The molecule has 116 valence electrons. The lowest BCUT2D eigenvalue weighted by molar-refractivity contribution is -0.0416. The van der Waals surface area contributed by atoms with E-state index in [4.69, 9.17) is 15.2 Å². The number of ether oxygens (including phenoxy) is 2. The van der Waals surface area contributed by atoms with Crippen molar-refractivity contribution in [3.8, 4) is 6.01 Å². The molecule has 0 aromatic carbocycles. The van der Waals surface area contributed by atoms with Gasteiger partial charge >= 0.3 is 6.01 Å². The van der Waals surface area contributed by atoms with E-state index in [-0.39, 0.29) is 18.1 Å². The van der Waals surface area contributed by atoms with Crippen molar-refractivity contribution in [2.75, 3.05) is 43.9 Å². The van der Waals surface area contributed by atoms with Crippen LogP contribution in [0.25, 0.3) is 0 Å². The maximum absolute atomic E-state index is 5.88. The summed E-state index contributed by atoms with van der Waals surface area (Å²) in [6.45, 7) is 5.96. The molecule has 0 spiro atoms. The molecular weight excluding hydrogens is 272 g/mol. The van der Waals surface area contributed by atoms with Gasteiger partial charge in [0.1, 0.15) is 0 Å². The second kappa shape index (κ2) is 6.40. The molecule has 2 fully saturated rings. The lowest BCUT2D eigenvalue weighted by atomic mass is 10.2. The van der Waals surface area contributed by atoms with E-state index < -0.39 is 0 Å². The number of morpholine rings is 1. The summed E-state index contributed by atoms with van der Waals surface area (Å²) in [7, 11) is 0. The maximum atomic E-state index is 5.88. The molecule has 3 heterocycles. The number of anilines is 2. The molecule has 8 heteroatoms. The molecule has 3 rings (SSSR count). The van der Waals surface area contributed by atoms with Crippen molar-refractivity contribution < 1.29 is 9.47 Å². The maximum Gasteiger partial charge on any atom is 0.323 e. The van der Waals surface area contributed by atoms with Crippen LogP contribution in [0.1, 0.15) is 19.8 Å². The summed E-state index contributed by atoms with van der Waals surface area (Å²) >= 11 is 0. The lowest BCUT2D eigenvalue weighted by Gasteiger charge is -2.35. The molecule has 2 unspecified atom stereocenters. The van der Waals surface area contributed by atoms with E-state index in [0.29, 0.717) is 25.1 Å². The highest BCUT2D eigenvalue weighted by Crippen LogP contribution is 2.22. The topological polar surface area (TPSA) is 98.4 Å². The molecule has 0 radical (unpaired) electrons. The molecule has 2 aliphatic rings. The largest absolute Gasteiger partial charge is 0.464 e. The van der Waals surface area contributed by atoms with Crippen molar-refractivity contribution in [1.29, 1.82) is 0 Å². The van der Waals surface area contributed by atoms with Gasteiger partial charge in [0.25, 0.3) is 0 Å². The zero-order chi connectivity index (χ0) is 14.7. The summed E-state index contributed by atoms with van der Waals surface area (Å²) in [4.78, 5) is 14.7. The number of nitrogens with zero attached hydrogens (tertiary/aromatic N) is 4. The molecule has 0 amide bonds. The number of hydrogen-bond donors (Lipinski definition) is 2. The molecule has 0 aliphatic carbocycles. The van der Waals surface area contributed by atoms with E-state index in [2.05, 4.69) is 25.2 Å². The van der Waals surface area contributed by atoms with E-state index in [0.717, 1.165) is 13.2 Å². The second-order valence-electron chi connectivity index (χ2n) is 5.36. The zero-order valence-corrected chi connectivity index (χ0v) is 12.3. The Morgan fingerprint density at radius 2 is 2.33 bits per heavy atom. The lowest BCUT2D eigenvalue weighted by Crippen LogP contribution is -2.48. The van der Waals surface area contributed by atoms with Crippen molar-refractivity contribution in [1.82, 2.24) is 19.9 Å². The molecule has 1 aromatic heterocycles.